The average molecular weight is 371 g/mol. The van der Waals surface area contributed by atoms with E-state index in [-0.39, 0.29) is 5.91 Å². The number of benzene rings is 1. The van der Waals surface area contributed by atoms with Crippen molar-refractivity contribution in [3.05, 3.63) is 34.1 Å². The molecule has 1 fully saturated rings. The zero-order chi connectivity index (χ0) is 15.9. The number of carbonyl (C=O) groups is 1. The van der Waals surface area contributed by atoms with E-state index in [1.54, 1.807) is 6.07 Å². The zero-order valence-electron chi connectivity index (χ0n) is 13.1. The van der Waals surface area contributed by atoms with Crippen LogP contribution in [0.3, 0.4) is 0 Å². The van der Waals surface area contributed by atoms with Crippen LogP contribution in [0.15, 0.2) is 22.7 Å². The normalized spacial score (nSPS) is 16.0. The highest BCUT2D eigenvalue weighted by molar-refractivity contribution is 9.10. The fourth-order valence-electron chi connectivity index (χ4n) is 3.00. The van der Waals surface area contributed by atoms with E-state index in [4.69, 9.17) is 0 Å². The summed E-state index contributed by atoms with van der Waals surface area (Å²) < 4.78 is 13.8. The molecular formula is C17H24BrFN2O. The van der Waals surface area contributed by atoms with Crippen LogP contribution in [0.5, 0.6) is 0 Å². The third-order valence-electron chi connectivity index (χ3n) is 4.34. The molecule has 1 aliphatic carbocycles. The van der Waals surface area contributed by atoms with E-state index in [0.29, 0.717) is 22.6 Å². The zero-order valence-corrected chi connectivity index (χ0v) is 14.7. The maximum Gasteiger partial charge on any atom is 0.252 e. The number of carbonyl (C=O) groups excluding carboxylic acids is 1. The lowest BCUT2D eigenvalue weighted by Crippen LogP contribution is -2.35. The Morgan fingerprint density at radius 3 is 2.82 bits per heavy atom. The van der Waals surface area contributed by atoms with Gasteiger partial charge in [-0.15, -0.1) is 0 Å². The molecule has 0 atom stereocenters. The first-order chi connectivity index (χ1) is 10.6. The molecule has 0 saturated heterocycles. The van der Waals surface area contributed by atoms with Crippen molar-refractivity contribution in [2.24, 2.45) is 0 Å². The summed E-state index contributed by atoms with van der Waals surface area (Å²) in [6.45, 7) is 1.59. The minimum atomic E-state index is -0.398. The molecule has 22 heavy (non-hydrogen) atoms. The first-order valence-electron chi connectivity index (χ1n) is 8.01. The Morgan fingerprint density at radius 2 is 2.09 bits per heavy atom. The van der Waals surface area contributed by atoms with Gasteiger partial charge in [0.25, 0.3) is 5.91 Å². The highest BCUT2D eigenvalue weighted by Gasteiger charge is 2.17. The van der Waals surface area contributed by atoms with E-state index in [1.807, 2.05) is 0 Å². The molecule has 0 bridgehead atoms. The standard InChI is InChI=1S/C17H24BrFN2O/c1-21(14-6-3-2-4-7-14)11-5-10-20-17(22)15-12-13(19)8-9-16(15)18/h8-9,12,14H,2-7,10-11H2,1H3,(H,20,22). The third kappa shape index (κ3) is 5.06. The van der Waals surface area contributed by atoms with Crippen molar-refractivity contribution in [1.29, 1.82) is 0 Å². The SMILES string of the molecule is CN(CCCNC(=O)c1cc(F)ccc1Br)C1CCCCC1. The molecule has 1 saturated carbocycles. The molecule has 1 aromatic rings. The number of hydrogen-bond donors (Lipinski definition) is 1. The predicted octanol–water partition coefficient (Wildman–Crippen LogP) is 3.97. The Bertz CT molecular complexity index is 503. The van der Waals surface area contributed by atoms with Gasteiger partial charge in [0, 0.05) is 17.1 Å². The fraction of sp³-hybridized carbons (Fsp3) is 0.588. The highest BCUT2D eigenvalue weighted by Crippen LogP contribution is 2.21. The molecule has 1 N–H and O–H groups in total. The van der Waals surface area contributed by atoms with Crippen LogP contribution >= 0.6 is 15.9 Å². The van der Waals surface area contributed by atoms with E-state index in [9.17, 15) is 9.18 Å². The highest BCUT2D eigenvalue weighted by atomic mass is 79.9. The van der Waals surface area contributed by atoms with Gasteiger partial charge in [0.2, 0.25) is 0 Å². The number of nitrogens with zero attached hydrogens (tertiary/aromatic N) is 1. The number of amides is 1. The van der Waals surface area contributed by atoms with Crippen molar-refractivity contribution in [3.63, 3.8) is 0 Å². The first kappa shape index (κ1) is 17.4. The quantitative estimate of drug-likeness (QED) is 0.768. The summed E-state index contributed by atoms with van der Waals surface area (Å²) in [5.74, 6) is -0.628. The van der Waals surface area contributed by atoms with Gasteiger partial charge in [0.15, 0.2) is 0 Å². The maximum atomic E-state index is 13.2. The molecule has 5 heteroatoms. The van der Waals surface area contributed by atoms with Crippen molar-refractivity contribution in [2.75, 3.05) is 20.1 Å². The molecule has 1 amide bonds. The van der Waals surface area contributed by atoms with E-state index in [0.717, 1.165) is 13.0 Å². The molecule has 0 aromatic heterocycles. The molecule has 3 nitrogen and oxygen atoms in total. The van der Waals surface area contributed by atoms with Gasteiger partial charge in [-0.25, -0.2) is 4.39 Å². The molecule has 0 heterocycles. The van der Waals surface area contributed by atoms with Crippen molar-refractivity contribution >= 4 is 21.8 Å². The molecule has 2 rings (SSSR count). The second kappa shape index (κ2) is 8.63. The van der Waals surface area contributed by atoms with Crippen molar-refractivity contribution in [1.82, 2.24) is 10.2 Å². The largest absolute Gasteiger partial charge is 0.352 e. The summed E-state index contributed by atoms with van der Waals surface area (Å²) in [7, 11) is 2.17. The average Bonchev–Trinajstić information content (AvgIpc) is 2.54. The summed E-state index contributed by atoms with van der Waals surface area (Å²) in [6.07, 6.45) is 7.52. The third-order valence-corrected chi connectivity index (χ3v) is 5.04. The summed E-state index contributed by atoms with van der Waals surface area (Å²) in [5, 5.41) is 2.86. The fourth-order valence-corrected chi connectivity index (χ4v) is 3.43. The molecule has 122 valence electrons. The summed E-state index contributed by atoms with van der Waals surface area (Å²) in [4.78, 5) is 14.4. The van der Waals surface area contributed by atoms with Gasteiger partial charge in [0.05, 0.1) is 5.56 Å². The van der Waals surface area contributed by atoms with Crippen LogP contribution in [0.1, 0.15) is 48.9 Å². The summed E-state index contributed by atoms with van der Waals surface area (Å²) in [5.41, 5.74) is 0.348. The van der Waals surface area contributed by atoms with Crippen LogP contribution < -0.4 is 5.32 Å². The topological polar surface area (TPSA) is 32.3 Å². The van der Waals surface area contributed by atoms with Gasteiger partial charge >= 0.3 is 0 Å². The van der Waals surface area contributed by atoms with Gasteiger partial charge in [-0.3, -0.25) is 4.79 Å². The van der Waals surface area contributed by atoms with E-state index < -0.39 is 5.82 Å². The molecule has 1 aromatic carbocycles. The Morgan fingerprint density at radius 1 is 1.36 bits per heavy atom. The van der Waals surface area contributed by atoms with Gasteiger partial charge in [-0.05, 0) is 67.0 Å². The van der Waals surface area contributed by atoms with Gasteiger partial charge < -0.3 is 10.2 Å². The smallest absolute Gasteiger partial charge is 0.252 e. The summed E-state index contributed by atoms with van der Waals surface area (Å²) >= 11 is 3.28. The van der Waals surface area contributed by atoms with Crippen LogP contribution in [0.25, 0.3) is 0 Å². The maximum absolute atomic E-state index is 13.2. The van der Waals surface area contributed by atoms with Crippen LogP contribution in [0.4, 0.5) is 4.39 Å². The minimum absolute atomic E-state index is 0.230. The van der Waals surface area contributed by atoms with Crippen molar-refractivity contribution < 1.29 is 9.18 Å². The molecule has 0 unspecified atom stereocenters. The molecular weight excluding hydrogens is 347 g/mol. The Kier molecular flexibility index (Phi) is 6.83. The Labute approximate surface area is 140 Å². The lowest BCUT2D eigenvalue weighted by atomic mass is 9.94. The van der Waals surface area contributed by atoms with Crippen LogP contribution in [-0.2, 0) is 0 Å². The lowest BCUT2D eigenvalue weighted by Gasteiger charge is -2.31. The Balaban J connectivity index is 1.71. The number of nitrogens with one attached hydrogen (secondary N) is 1. The van der Waals surface area contributed by atoms with Crippen molar-refractivity contribution in [2.45, 2.75) is 44.6 Å². The van der Waals surface area contributed by atoms with Gasteiger partial charge in [0.1, 0.15) is 5.82 Å². The molecule has 0 radical (unpaired) electrons. The van der Waals surface area contributed by atoms with E-state index >= 15 is 0 Å². The predicted molar refractivity (Wildman–Crippen MR) is 90.6 cm³/mol. The number of halogens is 2. The van der Waals surface area contributed by atoms with Crippen molar-refractivity contribution in [3.8, 4) is 0 Å². The van der Waals surface area contributed by atoms with Crippen LogP contribution in [0, 0.1) is 5.82 Å². The molecule has 0 spiro atoms. The Hall–Kier alpha value is -0.940. The number of rotatable bonds is 6. The summed E-state index contributed by atoms with van der Waals surface area (Å²) in [6, 6.07) is 4.84. The second-order valence-corrected chi connectivity index (χ2v) is 6.86. The minimum Gasteiger partial charge on any atom is -0.352 e. The van der Waals surface area contributed by atoms with E-state index in [1.165, 1.54) is 44.2 Å². The molecule has 1 aliphatic rings. The molecule has 0 aliphatic heterocycles. The van der Waals surface area contributed by atoms with Crippen LogP contribution in [0.2, 0.25) is 0 Å². The van der Waals surface area contributed by atoms with Gasteiger partial charge in [-0.2, -0.15) is 0 Å². The lowest BCUT2D eigenvalue weighted by molar-refractivity contribution is 0.0949. The number of hydrogen-bond acceptors (Lipinski definition) is 2. The second-order valence-electron chi connectivity index (χ2n) is 6.01. The van der Waals surface area contributed by atoms with Crippen LogP contribution in [-0.4, -0.2) is 37.0 Å². The first-order valence-corrected chi connectivity index (χ1v) is 8.80. The van der Waals surface area contributed by atoms with E-state index in [2.05, 4.69) is 33.2 Å². The monoisotopic (exact) mass is 370 g/mol. The van der Waals surface area contributed by atoms with Gasteiger partial charge in [-0.1, -0.05) is 19.3 Å².